The Labute approximate surface area is 255 Å². The molecule has 232 valence electrons. The standard InChI is InChI=1S/C31H24O14/c1-4-26(32)38-17-40-30(36)44-23-11-7-21(8-12-23)42-28(34)20-6-15-25(19(3)16-20)29(35)43-22-9-13-24(14-10-22)45-31(37)41-18-39-27(33)5-2/h4-16H,1-2,17-18H2,3H3. The van der Waals surface area contributed by atoms with Gasteiger partial charge >= 0.3 is 36.2 Å². The molecule has 0 spiro atoms. The van der Waals surface area contributed by atoms with E-state index >= 15 is 0 Å². The first kappa shape index (κ1) is 33.1. The minimum atomic E-state index is -1.12. The molecule has 0 fully saturated rings. The second kappa shape index (κ2) is 16.3. The van der Waals surface area contributed by atoms with Crippen LogP contribution in [0.3, 0.4) is 0 Å². The minimum absolute atomic E-state index is 0.0713. The van der Waals surface area contributed by atoms with Gasteiger partial charge in [-0.3, -0.25) is 0 Å². The van der Waals surface area contributed by atoms with E-state index in [0.717, 1.165) is 12.2 Å². The van der Waals surface area contributed by atoms with E-state index < -0.39 is 49.8 Å². The van der Waals surface area contributed by atoms with Gasteiger partial charge in [0.25, 0.3) is 0 Å². The monoisotopic (exact) mass is 620 g/mol. The van der Waals surface area contributed by atoms with Crippen LogP contribution in [0.2, 0.25) is 0 Å². The van der Waals surface area contributed by atoms with Crippen molar-refractivity contribution in [3.63, 3.8) is 0 Å². The first-order valence-electron chi connectivity index (χ1n) is 12.6. The van der Waals surface area contributed by atoms with Crippen LogP contribution >= 0.6 is 0 Å². The molecule has 3 aromatic rings. The molecule has 0 aliphatic rings. The van der Waals surface area contributed by atoms with E-state index in [1.807, 2.05) is 0 Å². The summed E-state index contributed by atoms with van der Waals surface area (Å²) in [7, 11) is 0. The number of carbonyl (C=O) groups excluding carboxylic acids is 6. The quantitative estimate of drug-likeness (QED) is 0.0883. The van der Waals surface area contributed by atoms with Gasteiger partial charge in [-0.25, -0.2) is 28.8 Å². The summed E-state index contributed by atoms with van der Waals surface area (Å²) in [4.78, 5) is 70.5. The highest BCUT2D eigenvalue weighted by atomic mass is 16.8. The Morgan fingerprint density at radius 2 is 0.956 bits per heavy atom. The highest BCUT2D eigenvalue weighted by Crippen LogP contribution is 2.22. The second-order valence-corrected chi connectivity index (χ2v) is 8.32. The molecule has 0 aromatic heterocycles. The van der Waals surface area contributed by atoms with Gasteiger partial charge in [-0.2, -0.15) is 0 Å². The number of carbonyl (C=O) groups is 6. The van der Waals surface area contributed by atoms with Gasteiger partial charge in [0.2, 0.25) is 13.6 Å². The van der Waals surface area contributed by atoms with Crippen molar-refractivity contribution in [1.29, 1.82) is 0 Å². The van der Waals surface area contributed by atoms with Crippen molar-refractivity contribution in [2.75, 3.05) is 13.6 Å². The molecule has 14 nitrogen and oxygen atoms in total. The van der Waals surface area contributed by atoms with Gasteiger partial charge in [0.1, 0.15) is 23.0 Å². The van der Waals surface area contributed by atoms with Crippen LogP contribution in [0, 0.1) is 6.92 Å². The molecule has 0 saturated carbocycles. The lowest BCUT2D eigenvalue weighted by Gasteiger charge is -2.10. The van der Waals surface area contributed by atoms with E-state index in [-0.39, 0.29) is 34.1 Å². The van der Waals surface area contributed by atoms with E-state index in [2.05, 4.69) is 32.1 Å². The van der Waals surface area contributed by atoms with Crippen molar-refractivity contribution in [3.05, 3.63) is 109 Å². The van der Waals surface area contributed by atoms with Crippen molar-refractivity contribution in [1.82, 2.24) is 0 Å². The highest BCUT2D eigenvalue weighted by Gasteiger charge is 2.17. The molecule has 0 unspecified atom stereocenters. The molecule has 0 N–H and O–H groups in total. The first-order valence-corrected chi connectivity index (χ1v) is 12.6. The van der Waals surface area contributed by atoms with Gasteiger partial charge in [-0.05, 0) is 79.2 Å². The molecule has 0 atom stereocenters. The number of aryl methyl sites for hydroxylation is 1. The van der Waals surface area contributed by atoms with Gasteiger partial charge in [0.05, 0.1) is 11.1 Å². The molecule has 45 heavy (non-hydrogen) atoms. The Morgan fingerprint density at radius 3 is 1.36 bits per heavy atom. The SMILES string of the molecule is C=CC(=O)OCOC(=O)Oc1ccc(OC(=O)c2ccc(C(=O)Oc3ccc(OC(=O)OCOC(=O)C=C)cc3)c(C)c2)cc1. The van der Waals surface area contributed by atoms with Gasteiger partial charge in [-0.1, -0.05) is 13.2 Å². The molecule has 0 heterocycles. The van der Waals surface area contributed by atoms with Crippen LogP contribution in [0.4, 0.5) is 9.59 Å². The number of rotatable bonds is 12. The van der Waals surface area contributed by atoms with Gasteiger partial charge < -0.3 is 37.9 Å². The molecule has 3 rings (SSSR count). The molecule has 3 aromatic carbocycles. The Balaban J connectivity index is 1.50. The van der Waals surface area contributed by atoms with Crippen molar-refractivity contribution in [2.24, 2.45) is 0 Å². The van der Waals surface area contributed by atoms with Crippen LogP contribution < -0.4 is 18.9 Å². The largest absolute Gasteiger partial charge is 0.516 e. The maximum Gasteiger partial charge on any atom is 0.516 e. The molecule has 0 amide bonds. The number of hydrogen-bond donors (Lipinski definition) is 0. The maximum absolute atomic E-state index is 12.7. The molecule has 0 aliphatic heterocycles. The van der Waals surface area contributed by atoms with Crippen LogP contribution in [0.25, 0.3) is 0 Å². The van der Waals surface area contributed by atoms with Gasteiger partial charge in [-0.15, -0.1) is 0 Å². The zero-order valence-corrected chi connectivity index (χ0v) is 23.5. The minimum Gasteiger partial charge on any atom is -0.425 e. The predicted octanol–water partition coefficient (Wildman–Crippen LogP) is 4.84. The molecule has 0 bridgehead atoms. The van der Waals surface area contributed by atoms with Crippen LogP contribution in [0.5, 0.6) is 23.0 Å². The van der Waals surface area contributed by atoms with E-state index in [1.54, 1.807) is 6.92 Å². The summed E-state index contributed by atoms with van der Waals surface area (Å²) in [5.41, 5.74) is 0.752. The Morgan fingerprint density at radius 1 is 0.556 bits per heavy atom. The number of hydrogen-bond acceptors (Lipinski definition) is 14. The normalized spacial score (nSPS) is 9.89. The summed E-state index contributed by atoms with van der Waals surface area (Å²) in [5, 5.41) is 0. The van der Waals surface area contributed by atoms with Gasteiger partial charge in [0.15, 0.2) is 0 Å². The van der Waals surface area contributed by atoms with Crippen LogP contribution in [-0.2, 0) is 28.5 Å². The molecule has 0 aliphatic carbocycles. The molecule has 0 radical (unpaired) electrons. The zero-order chi connectivity index (χ0) is 32.8. The van der Waals surface area contributed by atoms with Crippen LogP contribution in [-0.4, -0.2) is 49.8 Å². The predicted molar refractivity (Wildman–Crippen MR) is 151 cm³/mol. The van der Waals surface area contributed by atoms with Crippen LogP contribution in [0.1, 0.15) is 26.3 Å². The van der Waals surface area contributed by atoms with Crippen molar-refractivity contribution in [3.8, 4) is 23.0 Å². The Kier molecular flexibility index (Phi) is 12.0. The smallest absolute Gasteiger partial charge is 0.425 e. The van der Waals surface area contributed by atoms with E-state index in [9.17, 15) is 28.8 Å². The van der Waals surface area contributed by atoms with Crippen molar-refractivity contribution in [2.45, 2.75) is 6.92 Å². The second-order valence-electron chi connectivity index (χ2n) is 8.32. The fourth-order valence-corrected chi connectivity index (χ4v) is 3.14. The van der Waals surface area contributed by atoms with E-state index in [1.165, 1.54) is 66.7 Å². The third-order valence-electron chi connectivity index (χ3n) is 5.24. The fraction of sp³-hybridized carbons (Fsp3) is 0.0968. The van der Waals surface area contributed by atoms with Gasteiger partial charge in [0, 0.05) is 12.2 Å². The third-order valence-corrected chi connectivity index (χ3v) is 5.24. The molecular formula is C31H24O14. The topological polar surface area (TPSA) is 176 Å². The Hall–Kier alpha value is -6.44. The summed E-state index contributed by atoms with van der Waals surface area (Å²) in [6, 6.07) is 15.1. The lowest BCUT2D eigenvalue weighted by atomic mass is 10.1. The summed E-state index contributed by atoms with van der Waals surface area (Å²) < 4.78 is 38.6. The third kappa shape index (κ3) is 10.7. The van der Waals surface area contributed by atoms with Crippen molar-refractivity contribution < 1.29 is 66.7 Å². The molecular weight excluding hydrogens is 596 g/mol. The van der Waals surface area contributed by atoms with Crippen LogP contribution in [0.15, 0.2) is 92.0 Å². The fourth-order valence-electron chi connectivity index (χ4n) is 3.14. The average molecular weight is 621 g/mol. The zero-order valence-electron chi connectivity index (χ0n) is 23.5. The molecule has 14 heteroatoms. The number of esters is 4. The number of ether oxygens (including phenoxy) is 8. The van der Waals surface area contributed by atoms with Crippen molar-refractivity contribution >= 4 is 36.2 Å². The maximum atomic E-state index is 12.7. The highest BCUT2D eigenvalue weighted by molar-refractivity contribution is 5.96. The molecule has 0 saturated heterocycles. The van der Waals surface area contributed by atoms with E-state index in [0.29, 0.717) is 5.56 Å². The summed E-state index contributed by atoms with van der Waals surface area (Å²) in [5.74, 6) is -2.56. The lowest BCUT2D eigenvalue weighted by molar-refractivity contribution is -0.147. The van der Waals surface area contributed by atoms with E-state index in [4.69, 9.17) is 18.9 Å². The first-order chi connectivity index (χ1) is 21.6. The summed E-state index contributed by atoms with van der Waals surface area (Å²) in [6.45, 7) is 6.69. The number of benzene rings is 3. The summed E-state index contributed by atoms with van der Waals surface area (Å²) >= 11 is 0. The Bertz CT molecular complexity index is 1590. The average Bonchev–Trinajstić information content (AvgIpc) is 3.02. The summed E-state index contributed by atoms with van der Waals surface area (Å²) in [6.07, 6.45) is -0.443. The lowest BCUT2D eigenvalue weighted by Crippen LogP contribution is -2.15.